The second-order valence-corrected chi connectivity index (χ2v) is 6.28. The molecular formula is C20H19N3O3. The number of nitrogens with one attached hydrogen (secondary N) is 1. The van der Waals surface area contributed by atoms with Crippen LogP contribution in [0.15, 0.2) is 53.3 Å². The number of nitrogens with zero attached hydrogens (tertiary/aromatic N) is 2. The summed E-state index contributed by atoms with van der Waals surface area (Å²) in [4.78, 5) is 25.1. The molecule has 2 aromatic carbocycles. The Morgan fingerprint density at radius 1 is 1.19 bits per heavy atom. The van der Waals surface area contributed by atoms with Crippen LogP contribution in [-0.2, 0) is 13.0 Å². The molecule has 1 aromatic heterocycles. The highest BCUT2D eigenvalue weighted by Crippen LogP contribution is 2.27. The number of ether oxygens (including phenoxy) is 1. The number of aromatic nitrogens is 2. The topological polar surface area (TPSA) is 73.2 Å². The van der Waals surface area contributed by atoms with Gasteiger partial charge in [0.2, 0.25) is 0 Å². The quantitative estimate of drug-likeness (QED) is 0.783. The van der Waals surface area contributed by atoms with Gasteiger partial charge < -0.3 is 10.1 Å². The number of aryl methyl sites for hydroxylation is 1. The third kappa shape index (κ3) is 2.83. The molecule has 132 valence electrons. The van der Waals surface area contributed by atoms with Gasteiger partial charge in [0.05, 0.1) is 11.9 Å². The summed E-state index contributed by atoms with van der Waals surface area (Å²) in [6.45, 7) is 2.62. The van der Waals surface area contributed by atoms with Crippen LogP contribution in [0, 0.1) is 0 Å². The minimum atomic E-state index is -0.303. The van der Waals surface area contributed by atoms with Crippen LogP contribution in [0.3, 0.4) is 0 Å². The summed E-state index contributed by atoms with van der Waals surface area (Å²) in [6, 6.07) is 14.9. The first-order chi connectivity index (χ1) is 12.7. The van der Waals surface area contributed by atoms with Gasteiger partial charge in [-0.3, -0.25) is 9.59 Å². The van der Waals surface area contributed by atoms with Crippen LogP contribution in [-0.4, -0.2) is 28.3 Å². The van der Waals surface area contributed by atoms with Gasteiger partial charge in [-0.2, -0.15) is 5.10 Å². The van der Waals surface area contributed by atoms with Crippen molar-refractivity contribution in [1.29, 1.82) is 0 Å². The van der Waals surface area contributed by atoms with E-state index in [-0.39, 0.29) is 23.3 Å². The third-order valence-electron chi connectivity index (χ3n) is 4.59. The van der Waals surface area contributed by atoms with Crippen LogP contribution in [0.1, 0.15) is 23.0 Å². The summed E-state index contributed by atoms with van der Waals surface area (Å²) in [5.74, 6) is 0.567. The predicted molar refractivity (Wildman–Crippen MR) is 98.6 cm³/mol. The Balaban J connectivity index is 1.56. The lowest BCUT2D eigenvalue weighted by atomic mass is 10.1. The van der Waals surface area contributed by atoms with E-state index in [0.29, 0.717) is 23.9 Å². The van der Waals surface area contributed by atoms with Crippen molar-refractivity contribution in [3.8, 4) is 5.75 Å². The number of hydrogen-bond acceptors (Lipinski definition) is 4. The maximum atomic E-state index is 12.7. The van der Waals surface area contributed by atoms with Crippen LogP contribution in [0.4, 0.5) is 0 Å². The zero-order valence-electron chi connectivity index (χ0n) is 14.4. The van der Waals surface area contributed by atoms with Crippen molar-refractivity contribution in [2.24, 2.45) is 0 Å². The monoisotopic (exact) mass is 349 g/mol. The molecule has 1 aliphatic rings. The molecule has 4 rings (SSSR count). The Morgan fingerprint density at radius 2 is 1.92 bits per heavy atom. The first-order valence-corrected chi connectivity index (χ1v) is 8.70. The van der Waals surface area contributed by atoms with Crippen molar-refractivity contribution in [2.45, 2.75) is 26.0 Å². The number of amides is 1. The molecule has 0 saturated carbocycles. The summed E-state index contributed by atoms with van der Waals surface area (Å²) in [5.41, 5.74) is 1.22. The second kappa shape index (κ2) is 6.63. The number of carbonyl (C=O) groups is 1. The van der Waals surface area contributed by atoms with Crippen molar-refractivity contribution >= 4 is 16.7 Å². The fourth-order valence-electron chi connectivity index (χ4n) is 3.28. The van der Waals surface area contributed by atoms with Crippen LogP contribution >= 0.6 is 0 Å². The maximum Gasteiger partial charge on any atom is 0.274 e. The summed E-state index contributed by atoms with van der Waals surface area (Å²) < 4.78 is 7.17. The fourth-order valence-corrected chi connectivity index (χ4v) is 3.28. The lowest BCUT2D eigenvalue weighted by Gasteiger charge is -2.13. The fraction of sp³-hybridized carbons (Fsp3) is 0.250. The van der Waals surface area contributed by atoms with E-state index >= 15 is 0 Å². The lowest BCUT2D eigenvalue weighted by molar-refractivity contribution is 0.0928. The average molecular weight is 349 g/mol. The highest BCUT2D eigenvalue weighted by molar-refractivity contribution is 6.04. The minimum absolute atomic E-state index is 0.0975. The summed E-state index contributed by atoms with van der Waals surface area (Å²) in [6.07, 6.45) is 0.665. The molecule has 1 unspecified atom stereocenters. The Labute approximate surface area is 150 Å². The van der Waals surface area contributed by atoms with E-state index in [4.69, 9.17) is 4.74 Å². The molecule has 0 aliphatic carbocycles. The number of para-hydroxylation sites is 1. The number of carbonyl (C=O) groups excluding carboxylic acids is 1. The average Bonchev–Trinajstić information content (AvgIpc) is 3.09. The Bertz CT molecular complexity index is 1020. The highest BCUT2D eigenvalue weighted by atomic mass is 16.5. The van der Waals surface area contributed by atoms with E-state index in [1.165, 1.54) is 4.68 Å². The summed E-state index contributed by atoms with van der Waals surface area (Å²) in [5, 5.41) is 8.22. The van der Waals surface area contributed by atoms with E-state index in [0.717, 1.165) is 17.7 Å². The molecule has 0 fully saturated rings. The normalized spacial score (nSPS) is 15.5. The number of benzene rings is 2. The number of rotatable bonds is 4. The molecule has 1 amide bonds. The Kier molecular flexibility index (Phi) is 4.16. The van der Waals surface area contributed by atoms with Gasteiger partial charge in [-0.25, -0.2) is 4.68 Å². The molecular weight excluding hydrogens is 330 g/mol. The first kappa shape index (κ1) is 16.3. The minimum Gasteiger partial charge on any atom is -0.488 e. The number of hydrogen-bond donors (Lipinski definition) is 1. The van der Waals surface area contributed by atoms with Gasteiger partial charge >= 0.3 is 0 Å². The van der Waals surface area contributed by atoms with Crippen LogP contribution in [0.2, 0.25) is 0 Å². The number of fused-ring (bicyclic) bond motifs is 2. The third-order valence-corrected chi connectivity index (χ3v) is 4.59. The van der Waals surface area contributed by atoms with Crippen molar-refractivity contribution in [3.63, 3.8) is 0 Å². The molecule has 3 aromatic rings. The molecule has 0 spiro atoms. The van der Waals surface area contributed by atoms with Gasteiger partial charge in [0, 0.05) is 18.4 Å². The van der Waals surface area contributed by atoms with Crippen LogP contribution < -0.4 is 15.6 Å². The van der Waals surface area contributed by atoms with Gasteiger partial charge in [-0.05, 0) is 24.6 Å². The zero-order valence-corrected chi connectivity index (χ0v) is 14.4. The molecule has 6 nitrogen and oxygen atoms in total. The highest BCUT2D eigenvalue weighted by Gasteiger charge is 2.24. The molecule has 1 atom stereocenters. The van der Waals surface area contributed by atoms with Gasteiger partial charge in [0.25, 0.3) is 11.5 Å². The molecule has 0 saturated heterocycles. The van der Waals surface area contributed by atoms with Gasteiger partial charge in [-0.15, -0.1) is 0 Å². The first-order valence-electron chi connectivity index (χ1n) is 8.70. The summed E-state index contributed by atoms with van der Waals surface area (Å²) >= 11 is 0. The van der Waals surface area contributed by atoms with E-state index in [1.807, 2.05) is 31.2 Å². The molecule has 26 heavy (non-hydrogen) atoms. The van der Waals surface area contributed by atoms with Crippen LogP contribution in [0.5, 0.6) is 5.75 Å². The van der Waals surface area contributed by atoms with Crippen molar-refractivity contribution in [1.82, 2.24) is 15.1 Å². The van der Waals surface area contributed by atoms with Crippen molar-refractivity contribution in [3.05, 3.63) is 70.1 Å². The Hall–Kier alpha value is -3.15. The summed E-state index contributed by atoms with van der Waals surface area (Å²) in [7, 11) is 0. The molecule has 0 radical (unpaired) electrons. The van der Waals surface area contributed by atoms with E-state index in [2.05, 4.69) is 10.4 Å². The van der Waals surface area contributed by atoms with Crippen molar-refractivity contribution in [2.75, 3.05) is 6.54 Å². The van der Waals surface area contributed by atoms with E-state index < -0.39 is 0 Å². The van der Waals surface area contributed by atoms with E-state index in [1.54, 1.807) is 24.3 Å². The predicted octanol–water partition coefficient (Wildman–Crippen LogP) is 2.15. The van der Waals surface area contributed by atoms with Gasteiger partial charge in [0.1, 0.15) is 11.9 Å². The lowest BCUT2D eigenvalue weighted by Crippen LogP contribution is -2.36. The molecule has 2 heterocycles. The van der Waals surface area contributed by atoms with Crippen LogP contribution in [0.25, 0.3) is 10.8 Å². The standard InChI is InChI=1S/C20H19N3O3/c1-2-23-20(25)16-9-5-4-8-15(16)18(22-23)19(24)21-12-14-11-13-7-3-6-10-17(13)26-14/h3-10,14H,2,11-12H2,1H3,(H,21,24). The molecule has 6 heteroatoms. The molecule has 1 N–H and O–H groups in total. The molecule has 0 bridgehead atoms. The largest absolute Gasteiger partial charge is 0.488 e. The Morgan fingerprint density at radius 3 is 2.69 bits per heavy atom. The van der Waals surface area contributed by atoms with Crippen molar-refractivity contribution < 1.29 is 9.53 Å². The maximum absolute atomic E-state index is 12.7. The van der Waals surface area contributed by atoms with Gasteiger partial charge in [0.15, 0.2) is 5.69 Å². The second-order valence-electron chi connectivity index (χ2n) is 6.28. The molecule has 1 aliphatic heterocycles. The zero-order chi connectivity index (χ0) is 18.1. The smallest absolute Gasteiger partial charge is 0.274 e. The SMILES string of the molecule is CCn1nc(C(=O)NCC2Cc3ccccc3O2)c2ccccc2c1=O. The van der Waals surface area contributed by atoms with E-state index in [9.17, 15) is 9.59 Å². The van der Waals surface area contributed by atoms with Gasteiger partial charge in [-0.1, -0.05) is 36.4 Å².